The van der Waals surface area contributed by atoms with Crippen LogP contribution in [-0.4, -0.2) is 37.2 Å². The molecule has 0 bridgehead atoms. The largest absolute Gasteiger partial charge is 0.462 e. The average molecular weight is 899 g/mol. The number of hydrogen-bond acceptors (Lipinski definition) is 6. The number of carbonyl (C=O) groups is 3. The zero-order valence-corrected chi connectivity index (χ0v) is 42.8. The van der Waals surface area contributed by atoms with Gasteiger partial charge in [-0.3, -0.25) is 14.4 Å². The SMILES string of the molecule is CC/C=C\C/C=C\CCCCCCCC(=O)OCC(COC(=O)CCCCCCCCC/C=C\CCCCCCCC)OC(=O)CCCCCCCCCCCCCCCCCCC. The van der Waals surface area contributed by atoms with E-state index in [-0.39, 0.29) is 31.1 Å². The first kappa shape index (κ1) is 61.6. The van der Waals surface area contributed by atoms with Crippen LogP contribution in [0.5, 0.6) is 0 Å². The lowest BCUT2D eigenvalue weighted by Crippen LogP contribution is -2.30. The Morgan fingerprint density at radius 3 is 0.953 bits per heavy atom. The van der Waals surface area contributed by atoms with Crippen LogP contribution in [0.4, 0.5) is 0 Å². The van der Waals surface area contributed by atoms with Crippen molar-refractivity contribution in [2.45, 2.75) is 303 Å². The van der Waals surface area contributed by atoms with Gasteiger partial charge in [0.15, 0.2) is 6.10 Å². The molecule has 374 valence electrons. The molecular formula is C58H106O6. The average Bonchev–Trinajstić information content (AvgIpc) is 3.29. The van der Waals surface area contributed by atoms with Crippen LogP contribution in [0.25, 0.3) is 0 Å². The molecule has 0 aliphatic carbocycles. The molecule has 0 aromatic heterocycles. The van der Waals surface area contributed by atoms with Crippen LogP contribution in [0.15, 0.2) is 36.5 Å². The highest BCUT2D eigenvalue weighted by molar-refractivity contribution is 5.71. The van der Waals surface area contributed by atoms with Crippen molar-refractivity contribution in [2.24, 2.45) is 0 Å². The molecule has 0 heterocycles. The third-order valence-corrected chi connectivity index (χ3v) is 12.4. The first-order chi connectivity index (χ1) is 31.5. The Balaban J connectivity index is 4.33. The minimum absolute atomic E-state index is 0.0758. The molecule has 6 nitrogen and oxygen atoms in total. The van der Waals surface area contributed by atoms with Crippen LogP contribution in [0.3, 0.4) is 0 Å². The minimum Gasteiger partial charge on any atom is -0.462 e. The van der Waals surface area contributed by atoms with E-state index in [1.807, 2.05) is 0 Å². The van der Waals surface area contributed by atoms with E-state index in [0.29, 0.717) is 19.3 Å². The van der Waals surface area contributed by atoms with Gasteiger partial charge < -0.3 is 14.2 Å². The van der Waals surface area contributed by atoms with Gasteiger partial charge in [-0.2, -0.15) is 0 Å². The molecule has 0 amide bonds. The van der Waals surface area contributed by atoms with Gasteiger partial charge in [-0.15, -0.1) is 0 Å². The molecule has 0 saturated heterocycles. The van der Waals surface area contributed by atoms with E-state index in [2.05, 4.69) is 57.2 Å². The predicted molar refractivity (Wildman–Crippen MR) is 275 cm³/mol. The van der Waals surface area contributed by atoms with Gasteiger partial charge >= 0.3 is 17.9 Å². The van der Waals surface area contributed by atoms with E-state index in [1.165, 1.54) is 173 Å². The Morgan fingerprint density at radius 1 is 0.328 bits per heavy atom. The van der Waals surface area contributed by atoms with E-state index in [0.717, 1.165) is 83.5 Å². The van der Waals surface area contributed by atoms with Gasteiger partial charge in [-0.1, -0.05) is 243 Å². The summed E-state index contributed by atoms with van der Waals surface area (Å²) in [6, 6.07) is 0. The number of esters is 3. The minimum atomic E-state index is -0.776. The second kappa shape index (κ2) is 53.2. The summed E-state index contributed by atoms with van der Waals surface area (Å²) in [7, 11) is 0. The second-order valence-electron chi connectivity index (χ2n) is 18.8. The van der Waals surface area contributed by atoms with Crippen LogP contribution in [0.2, 0.25) is 0 Å². The number of hydrogen-bond donors (Lipinski definition) is 0. The fourth-order valence-electron chi connectivity index (χ4n) is 8.18. The zero-order valence-electron chi connectivity index (χ0n) is 42.8. The third-order valence-electron chi connectivity index (χ3n) is 12.4. The second-order valence-corrected chi connectivity index (χ2v) is 18.8. The highest BCUT2D eigenvalue weighted by Gasteiger charge is 2.19. The smallest absolute Gasteiger partial charge is 0.306 e. The molecule has 0 aromatic rings. The first-order valence-electron chi connectivity index (χ1n) is 28.0. The highest BCUT2D eigenvalue weighted by atomic mass is 16.6. The van der Waals surface area contributed by atoms with E-state index < -0.39 is 6.10 Å². The van der Waals surface area contributed by atoms with Crippen molar-refractivity contribution in [3.05, 3.63) is 36.5 Å². The molecule has 0 aromatic carbocycles. The summed E-state index contributed by atoms with van der Waals surface area (Å²) in [4.78, 5) is 38.1. The summed E-state index contributed by atoms with van der Waals surface area (Å²) in [5.41, 5.74) is 0. The lowest BCUT2D eigenvalue weighted by atomic mass is 10.0. The molecule has 0 N–H and O–H groups in total. The van der Waals surface area contributed by atoms with Crippen molar-refractivity contribution in [2.75, 3.05) is 13.2 Å². The van der Waals surface area contributed by atoms with Crippen molar-refractivity contribution in [3.63, 3.8) is 0 Å². The standard InChI is InChI=1S/C58H106O6/c1-4-7-10-13-16-19-22-25-27-29-31-33-36-39-42-45-48-51-57(60)63-54-55(53-62-56(59)50-47-44-41-38-35-24-21-18-15-12-9-6-3)64-58(61)52-49-46-43-40-37-34-32-30-28-26-23-20-17-14-11-8-5-2/h9,12,18,21,25,27,55H,4-8,10-11,13-17,19-20,22-24,26,28-54H2,1-3H3/b12-9-,21-18-,27-25-. The summed E-state index contributed by atoms with van der Waals surface area (Å²) < 4.78 is 16.8. The topological polar surface area (TPSA) is 78.9 Å². The lowest BCUT2D eigenvalue weighted by molar-refractivity contribution is -0.167. The van der Waals surface area contributed by atoms with E-state index in [1.54, 1.807) is 0 Å². The van der Waals surface area contributed by atoms with Crippen molar-refractivity contribution in [1.82, 2.24) is 0 Å². The maximum absolute atomic E-state index is 12.8. The fourth-order valence-corrected chi connectivity index (χ4v) is 8.18. The van der Waals surface area contributed by atoms with Gasteiger partial charge in [-0.25, -0.2) is 0 Å². The van der Waals surface area contributed by atoms with Crippen molar-refractivity contribution in [1.29, 1.82) is 0 Å². The Bertz CT molecular complexity index is 1080. The number of unbranched alkanes of at least 4 members (excludes halogenated alkanes) is 34. The van der Waals surface area contributed by atoms with E-state index in [9.17, 15) is 14.4 Å². The number of ether oxygens (including phenoxy) is 3. The fraction of sp³-hybridized carbons (Fsp3) is 0.845. The van der Waals surface area contributed by atoms with Crippen molar-refractivity contribution in [3.8, 4) is 0 Å². The summed E-state index contributed by atoms with van der Waals surface area (Å²) in [6.45, 7) is 6.55. The molecule has 1 atom stereocenters. The predicted octanol–water partition coefficient (Wildman–Crippen LogP) is 18.5. The Labute approximate surface area is 397 Å². The molecule has 0 rings (SSSR count). The molecule has 64 heavy (non-hydrogen) atoms. The Morgan fingerprint density at radius 2 is 0.609 bits per heavy atom. The maximum atomic E-state index is 12.8. The van der Waals surface area contributed by atoms with Crippen LogP contribution in [0, 0.1) is 0 Å². The molecular weight excluding hydrogens is 793 g/mol. The Kier molecular flexibility index (Phi) is 51.3. The van der Waals surface area contributed by atoms with Gasteiger partial charge in [0.05, 0.1) is 0 Å². The monoisotopic (exact) mass is 899 g/mol. The van der Waals surface area contributed by atoms with Gasteiger partial charge in [-0.05, 0) is 70.6 Å². The summed E-state index contributed by atoms with van der Waals surface area (Å²) in [5, 5.41) is 0. The van der Waals surface area contributed by atoms with Gasteiger partial charge in [0.25, 0.3) is 0 Å². The van der Waals surface area contributed by atoms with Gasteiger partial charge in [0.1, 0.15) is 13.2 Å². The van der Waals surface area contributed by atoms with Gasteiger partial charge in [0, 0.05) is 19.3 Å². The van der Waals surface area contributed by atoms with E-state index in [4.69, 9.17) is 14.2 Å². The van der Waals surface area contributed by atoms with Crippen LogP contribution in [-0.2, 0) is 28.6 Å². The van der Waals surface area contributed by atoms with Crippen LogP contribution < -0.4 is 0 Å². The van der Waals surface area contributed by atoms with Crippen molar-refractivity contribution < 1.29 is 28.6 Å². The van der Waals surface area contributed by atoms with E-state index >= 15 is 0 Å². The first-order valence-corrected chi connectivity index (χ1v) is 28.0. The zero-order chi connectivity index (χ0) is 46.5. The van der Waals surface area contributed by atoms with Crippen LogP contribution >= 0.6 is 0 Å². The lowest BCUT2D eigenvalue weighted by Gasteiger charge is -2.18. The number of rotatable bonds is 51. The number of carbonyl (C=O) groups excluding carboxylic acids is 3. The summed E-state index contributed by atoms with van der Waals surface area (Å²) in [5.74, 6) is -0.879. The molecule has 0 radical (unpaired) electrons. The Hall–Kier alpha value is -2.37. The molecule has 0 aliphatic heterocycles. The van der Waals surface area contributed by atoms with Crippen LogP contribution in [0.1, 0.15) is 297 Å². The summed E-state index contributed by atoms with van der Waals surface area (Å²) >= 11 is 0. The summed E-state index contributed by atoms with van der Waals surface area (Å²) in [6.07, 6.45) is 62.8. The quantitative estimate of drug-likeness (QED) is 0.0262. The normalized spacial score (nSPS) is 12.2. The third kappa shape index (κ3) is 50.6. The van der Waals surface area contributed by atoms with Crippen molar-refractivity contribution >= 4 is 17.9 Å². The number of allylic oxidation sites excluding steroid dienone is 6. The molecule has 1 unspecified atom stereocenters. The molecule has 0 fully saturated rings. The molecule has 0 saturated carbocycles. The highest BCUT2D eigenvalue weighted by Crippen LogP contribution is 2.16. The molecule has 0 aliphatic rings. The van der Waals surface area contributed by atoms with Gasteiger partial charge in [0.2, 0.25) is 0 Å². The molecule has 0 spiro atoms. The molecule has 6 heteroatoms. The maximum Gasteiger partial charge on any atom is 0.306 e.